The van der Waals surface area contributed by atoms with Crippen LogP contribution in [0.3, 0.4) is 0 Å². The van der Waals surface area contributed by atoms with Crippen molar-refractivity contribution in [3.8, 4) is 11.5 Å². The van der Waals surface area contributed by atoms with Gasteiger partial charge >= 0.3 is 5.97 Å². The average molecular weight is 737 g/mol. The van der Waals surface area contributed by atoms with Crippen molar-refractivity contribution in [2.75, 3.05) is 39.8 Å². The summed E-state index contributed by atoms with van der Waals surface area (Å²) >= 11 is 0. The van der Waals surface area contributed by atoms with Gasteiger partial charge in [-0.15, -0.1) is 0 Å². The van der Waals surface area contributed by atoms with Crippen molar-refractivity contribution in [1.29, 1.82) is 0 Å². The largest absolute Gasteiger partial charge is 0.506 e. The number of carbonyl (C=O) groups excluding carboxylic acids is 2. The Bertz CT molecular complexity index is 2110. The number of phenolic OH excluding ortho intramolecular Hbond substituents is 1. The number of nitrogens with one attached hydrogen (secondary N) is 3. The van der Waals surface area contributed by atoms with Crippen LogP contribution in [0.5, 0.6) is 11.5 Å². The van der Waals surface area contributed by atoms with E-state index < -0.39 is 17.7 Å². The van der Waals surface area contributed by atoms with Crippen LogP contribution < -0.4 is 20.9 Å². The summed E-state index contributed by atoms with van der Waals surface area (Å²) in [5.74, 6) is -0.295. The summed E-state index contributed by atoms with van der Waals surface area (Å²) in [5, 5.41) is 39.2. The Kier molecular flexibility index (Phi) is 12.3. The Hall–Kier alpha value is -5.67. The van der Waals surface area contributed by atoms with Gasteiger partial charge in [-0.05, 0) is 68.2 Å². The molecule has 14 heteroatoms. The molecule has 1 amide bonds. The second-order valence-corrected chi connectivity index (χ2v) is 13.3. The Morgan fingerprint density at radius 3 is 2.59 bits per heavy atom. The standard InChI is InChI=1S/C40H44N6O8/c1-46-18-6-12-30(25-46)54-39(51)40(52,27-8-3-2-4-9-27)28-10-5-11-29(20-28)53-19-7-17-42-38(50)26-21-43-35(44-22-26)24-41-23-34(48)31-13-15-33(47)37-32(31)14-16-36(49)45-37/h2-5,8-11,13-16,20-22,30,34,41,47-48,52H,6-7,12,17-19,23-25H2,1H3,(H,42,50)(H,45,49)/t30-,34+,40+/m1/s1. The quantitative estimate of drug-likeness (QED) is 0.0680. The number of aromatic hydroxyl groups is 1. The fourth-order valence-corrected chi connectivity index (χ4v) is 6.45. The zero-order valence-corrected chi connectivity index (χ0v) is 29.9. The van der Waals surface area contributed by atoms with Gasteiger partial charge in [0, 0.05) is 49.0 Å². The average Bonchev–Trinajstić information content (AvgIpc) is 3.18. The molecule has 6 N–H and O–H groups in total. The first kappa shape index (κ1) is 38.1. The summed E-state index contributed by atoms with van der Waals surface area (Å²) in [6.45, 7) is 2.49. The normalized spacial score (nSPS) is 16.3. The molecule has 3 atom stereocenters. The minimum atomic E-state index is -2.04. The number of aromatic nitrogens is 3. The van der Waals surface area contributed by atoms with E-state index >= 15 is 0 Å². The van der Waals surface area contributed by atoms with Crippen LogP contribution >= 0.6 is 0 Å². The number of hydrogen-bond acceptors (Lipinski definition) is 12. The maximum Gasteiger partial charge on any atom is 0.348 e. The molecule has 5 aromatic rings. The lowest BCUT2D eigenvalue weighted by molar-refractivity contribution is -0.170. The number of aliphatic hydroxyl groups is 2. The zero-order valence-electron chi connectivity index (χ0n) is 29.9. The van der Waals surface area contributed by atoms with Crippen molar-refractivity contribution in [3.63, 3.8) is 0 Å². The molecule has 2 aromatic heterocycles. The number of phenols is 1. The van der Waals surface area contributed by atoms with Crippen LogP contribution in [0, 0.1) is 0 Å². The van der Waals surface area contributed by atoms with Crippen molar-refractivity contribution < 1.29 is 34.4 Å². The fraction of sp³-hybridized carbons (Fsp3) is 0.325. The molecule has 0 bridgehead atoms. The number of carbonyl (C=O) groups is 2. The molecule has 1 saturated heterocycles. The molecule has 0 spiro atoms. The second kappa shape index (κ2) is 17.4. The maximum absolute atomic E-state index is 13.6. The van der Waals surface area contributed by atoms with Crippen molar-refractivity contribution in [3.05, 3.63) is 130 Å². The first-order chi connectivity index (χ1) is 26.1. The predicted molar refractivity (Wildman–Crippen MR) is 200 cm³/mol. The lowest BCUT2D eigenvalue weighted by Crippen LogP contribution is -2.44. The molecular weight excluding hydrogens is 692 g/mol. The number of likely N-dealkylation sites (tertiary alicyclic amines) is 1. The van der Waals surface area contributed by atoms with Crippen LogP contribution in [-0.2, 0) is 21.7 Å². The first-order valence-electron chi connectivity index (χ1n) is 17.9. The Balaban J connectivity index is 0.966. The van der Waals surface area contributed by atoms with Crippen molar-refractivity contribution >= 4 is 22.8 Å². The number of fused-ring (bicyclic) bond motifs is 1. The number of rotatable bonds is 15. The number of nitrogens with zero attached hydrogens (tertiary/aromatic N) is 3. The lowest BCUT2D eigenvalue weighted by atomic mass is 9.86. The molecule has 1 fully saturated rings. The number of aromatic amines is 1. The van der Waals surface area contributed by atoms with Gasteiger partial charge in [0.05, 0.1) is 30.3 Å². The SMILES string of the molecule is CN1CCC[C@@H](OC(=O)[C@](O)(c2ccccc2)c2cccc(OCCCNC(=O)c3cnc(CNC[C@H](O)c4ccc(O)c5[nH]c(=O)ccc45)nc3)c2)C1. The summed E-state index contributed by atoms with van der Waals surface area (Å²) in [7, 11) is 1.98. The minimum absolute atomic E-state index is 0.0863. The number of esters is 1. The van der Waals surface area contributed by atoms with Gasteiger partial charge in [-0.2, -0.15) is 0 Å². The van der Waals surface area contributed by atoms with Crippen LogP contribution in [0.15, 0.2) is 96.1 Å². The van der Waals surface area contributed by atoms with Gasteiger partial charge in [-0.1, -0.05) is 48.5 Å². The van der Waals surface area contributed by atoms with E-state index in [9.17, 15) is 29.7 Å². The van der Waals surface area contributed by atoms with E-state index in [-0.39, 0.29) is 54.1 Å². The van der Waals surface area contributed by atoms with E-state index in [1.54, 1.807) is 60.7 Å². The van der Waals surface area contributed by atoms with Gasteiger partial charge in [0.25, 0.3) is 5.91 Å². The van der Waals surface area contributed by atoms with Gasteiger partial charge in [0.15, 0.2) is 0 Å². The van der Waals surface area contributed by atoms with E-state index in [4.69, 9.17) is 9.47 Å². The second-order valence-electron chi connectivity index (χ2n) is 13.3. The van der Waals surface area contributed by atoms with Gasteiger partial charge < -0.3 is 45.3 Å². The van der Waals surface area contributed by atoms with Crippen LogP contribution in [0.25, 0.3) is 10.9 Å². The van der Waals surface area contributed by atoms with E-state index in [0.717, 1.165) is 19.4 Å². The molecule has 14 nitrogen and oxygen atoms in total. The van der Waals surface area contributed by atoms with Crippen LogP contribution in [0.1, 0.15) is 58.2 Å². The van der Waals surface area contributed by atoms with Crippen LogP contribution in [-0.4, -0.2) is 93.0 Å². The highest BCUT2D eigenvalue weighted by Crippen LogP contribution is 2.34. The molecule has 1 aliphatic rings. The monoisotopic (exact) mass is 736 g/mol. The van der Waals surface area contributed by atoms with Crippen LogP contribution in [0.2, 0.25) is 0 Å². The molecule has 1 aliphatic heterocycles. The van der Waals surface area contributed by atoms with E-state index in [2.05, 4.69) is 30.5 Å². The highest BCUT2D eigenvalue weighted by atomic mass is 16.6. The molecule has 3 aromatic carbocycles. The van der Waals surface area contributed by atoms with Gasteiger partial charge in [0.1, 0.15) is 23.4 Å². The number of aliphatic hydroxyl groups excluding tert-OH is 1. The fourth-order valence-electron chi connectivity index (χ4n) is 6.45. The number of H-pyrrole nitrogens is 1. The summed E-state index contributed by atoms with van der Waals surface area (Å²) in [5.41, 5.74) is -0.601. The molecule has 6 rings (SSSR count). The first-order valence-corrected chi connectivity index (χ1v) is 17.9. The number of benzene rings is 3. The smallest absolute Gasteiger partial charge is 0.348 e. The van der Waals surface area contributed by atoms with Gasteiger partial charge in [0.2, 0.25) is 11.2 Å². The third-order valence-electron chi connectivity index (χ3n) is 9.32. The number of amides is 1. The number of piperidine rings is 1. The van der Waals surface area contributed by atoms with E-state index in [1.165, 1.54) is 24.5 Å². The molecule has 282 valence electrons. The third kappa shape index (κ3) is 9.09. The maximum atomic E-state index is 13.6. The summed E-state index contributed by atoms with van der Waals surface area (Å²) in [6.07, 6.45) is 3.71. The summed E-state index contributed by atoms with van der Waals surface area (Å²) in [4.78, 5) is 51.2. The van der Waals surface area contributed by atoms with Gasteiger partial charge in [-0.25, -0.2) is 14.8 Å². The van der Waals surface area contributed by atoms with Crippen molar-refractivity contribution in [2.45, 2.75) is 43.6 Å². The van der Waals surface area contributed by atoms with Crippen LogP contribution in [0.4, 0.5) is 0 Å². The van der Waals surface area contributed by atoms with Crippen molar-refractivity contribution in [1.82, 2.24) is 30.5 Å². The molecular formula is C40H44N6O8. The highest BCUT2D eigenvalue weighted by molar-refractivity contribution is 5.93. The van der Waals surface area contributed by atoms with Crippen molar-refractivity contribution in [2.24, 2.45) is 0 Å². The summed E-state index contributed by atoms with van der Waals surface area (Å²) in [6, 6.07) is 21.4. The number of pyridine rings is 1. The molecule has 54 heavy (non-hydrogen) atoms. The van der Waals surface area contributed by atoms with E-state index in [1.807, 2.05) is 13.1 Å². The topological polar surface area (TPSA) is 199 Å². The summed E-state index contributed by atoms with van der Waals surface area (Å²) < 4.78 is 11.8. The lowest BCUT2D eigenvalue weighted by Gasteiger charge is -2.33. The number of hydrogen-bond donors (Lipinski definition) is 6. The third-order valence-corrected chi connectivity index (χ3v) is 9.32. The molecule has 0 aliphatic carbocycles. The van der Waals surface area contributed by atoms with Gasteiger partial charge in [-0.3, -0.25) is 9.59 Å². The molecule has 0 saturated carbocycles. The minimum Gasteiger partial charge on any atom is -0.506 e. The Morgan fingerprint density at radius 2 is 1.81 bits per heavy atom. The number of ether oxygens (including phenoxy) is 2. The zero-order chi connectivity index (χ0) is 38.1. The number of likely N-dealkylation sites (N-methyl/N-ethyl adjacent to an activating group) is 1. The Labute approximate surface area is 311 Å². The molecule has 0 unspecified atom stereocenters. The molecule has 0 radical (unpaired) electrons. The van der Waals surface area contributed by atoms with E-state index in [0.29, 0.717) is 53.2 Å². The Morgan fingerprint density at radius 1 is 1.04 bits per heavy atom. The highest BCUT2D eigenvalue weighted by Gasteiger charge is 2.43. The molecule has 3 heterocycles. The predicted octanol–water partition coefficient (Wildman–Crippen LogP) is 2.92.